The van der Waals surface area contributed by atoms with E-state index in [-0.39, 0.29) is 24.8 Å². The number of alkyl halides is 2. The average Bonchev–Trinajstić information content (AvgIpc) is 2.93. The first kappa shape index (κ1) is 23.5. The molecule has 5 nitrogen and oxygen atoms in total. The van der Waals surface area contributed by atoms with Crippen molar-refractivity contribution < 1.29 is 33.0 Å². The lowest BCUT2D eigenvalue weighted by molar-refractivity contribution is -0.228. The van der Waals surface area contributed by atoms with Gasteiger partial charge in [-0.2, -0.15) is 0 Å². The number of rotatable bonds is 3. The number of fused-ring (bicyclic) bond motifs is 5. The predicted octanol–water partition coefficient (Wildman–Crippen LogP) is 3.32. The number of allylic oxidation sites excluding steroid dienone is 4. The molecule has 0 amide bonds. The fraction of sp³-hybridized carbons (Fsp3) is 0.708. The van der Waals surface area contributed by atoms with Crippen LogP contribution in [0.25, 0.3) is 0 Å². The van der Waals surface area contributed by atoms with Gasteiger partial charge in [0, 0.05) is 29.1 Å². The molecule has 0 spiro atoms. The molecule has 0 unspecified atom stereocenters. The molecule has 0 aromatic rings. The third-order valence-corrected chi connectivity index (χ3v) is 9.34. The van der Waals surface area contributed by atoms with Crippen molar-refractivity contribution >= 4 is 29.5 Å². The van der Waals surface area contributed by atoms with E-state index < -0.39 is 69.0 Å². The minimum absolute atomic E-state index is 0.0362. The average molecular weight is 468 g/mol. The van der Waals surface area contributed by atoms with Gasteiger partial charge in [-0.05, 0) is 49.8 Å². The number of halogens is 2. The Labute approximate surface area is 192 Å². The molecule has 32 heavy (non-hydrogen) atoms. The summed E-state index contributed by atoms with van der Waals surface area (Å²) in [7, 11) is 0. The maximum Gasteiger partial charge on any atom is 0.306 e. The maximum absolute atomic E-state index is 17.1. The van der Waals surface area contributed by atoms with Crippen LogP contribution in [0.2, 0.25) is 0 Å². The van der Waals surface area contributed by atoms with Crippen molar-refractivity contribution in [2.75, 3.05) is 0 Å². The zero-order chi connectivity index (χ0) is 23.9. The minimum atomic E-state index is -2.25. The molecule has 8 heteroatoms. The molecule has 0 radical (unpaired) electrons. The first-order valence-corrected chi connectivity index (χ1v) is 11.6. The van der Waals surface area contributed by atoms with E-state index >= 15 is 8.78 Å². The zero-order valence-electron chi connectivity index (χ0n) is 18.7. The number of carbonyl (C=O) groups excluding carboxylic acids is 3. The Bertz CT molecular complexity index is 949. The van der Waals surface area contributed by atoms with Crippen molar-refractivity contribution in [2.45, 2.75) is 76.9 Å². The molecule has 4 rings (SSSR count). The van der Waals surface area contributed by atoms with Crippen LogP contribution in [0.1, 0.15) is 53.4 Å². The molecule has 9 atom stereocenters. The Morgan fingerprint density at radius 1 is 1.28 bits per heavy atom. The highest BCUT2D eigenvalue weighted by Crippen LogP contribution is 2.71. The van der Waals surface area contributed by atoms with Gasteiger partial charge in [0.1, 0.15) is 6.17 Å². The highest BCUT2D eigenvalue weighted by Gasteiger charge is 2.76. The molecule has 176 valence electrons. The number of hydrogen-bond donors (Lipinski definition) is 1. The van der Waals surface area contributed by atoms with Gasteiger partial charge in [-0.3, -0.25) is 9.59 Å². The summed E-state index contributed by atoms with van der Waals surface area (Å²) in [4.78, 5) is 37.1. The van der Waals surface area contributed by atoms with E-state index in [1.807, 2.05) is 0 Å². The van der Waals surface area contributed by atoms with E-state index in [0.717, 1.165) is 6.08 Å². The lowest BCUT2D eigenvalue weighted by Gasteiger charge is -2.63. The van der Waals surface area contributed by atoms with Gasteiger partial charge >= 0.3 is 5.97 Å². The molecule has 1 N–H and O–H groups in total. The number of aliphatic hydroxyl groups excluding tert-OH is 1. The first-order valence-electron chi connectivity index (χ1n) is 11.2. The lowest BCUT2D eigenvalue weighted by Crippen LogP contribution is -2.70. The third kappa shape index (κ3) is 2.59. The van der Waals surface area contributed by atoms with Gasteiger partial charge < -0.3 is 27.3 Å². The molecule has 4 aliphatic rings. The Balaban J connectivity index is 1.87. The normalized spacial score (nSPS) is 49.5. The smallest absolute Gasteiger partial charge is 0.306 e. The molecule has 0 aliphatic heterocycles. The Kier molecular flexibility index (Phi) is 5.26. The second kappa shape index (κ2) is 7.16. The lowest BCUT2D eigenvalue weighted by atomic mass is 9.44. The molecular formula is C24H29F2O5S-. The maximum atomic E-state index is 17.1. The fourth-order valence-electron chi connectivity index (χ4n) is 7.47. The highest BCUT2D eigenvalue weighted by molar-refractivity contribution is 7.77. The Hall–Kier alpha value is -1.67. The second-order valence-corrected chi connectivity index (χ2v) is 10.7. The van der Waals surface area contributed by atoms with Crippen LogP contribution in [-0.4, -0.2) is 45.5 Å². The minimum Gasteiger partial charge on any atom is -0.738 e. The van der Waals surface area contributed by atoms with E-state index in [2.05, 4.69) is 0 Å². The largest absolute Gasteiger partial charge is 0.738 e. The van der Waals surface area contributed by atoms with Crippen molar-refractivity contribution in [3.8, 4) is 0 Å². The number of esters is 1. The molecule has 0 aromatic carbocycles. The van der Waals surface area contributed by atoms with Gasteiger partial charge in [0.25, 0.3) is 0 Å². The topological polar surface area (TPSA) is 80.7 Å². The van der Waals surface area contributed by atoms with Gasteiger partial charge in [0.05, 0.1) is 11.2 Å². The fourth-order valence-corrected chi connectivity index (χ4v) is 7.95. The van der Waals surface area contributed by atoms with Crippen LogP contribution in [0.5, 0.6) is 0 Å². The van der Waals surface area contributed by atoms with Crippen LogP contribution in [0, 0.1) is 28.6 Å². The van der Waals surface area contributed by atoms with Crippen molar-refractivity contribution in [1.82, 2.24) is 0 Å². The summed E-state index contributed by atoms with van der Waals surface area (Å²) in [6.07, 6.45) is 0.529. The number of ether oxygens (including phenoxy) is 1. The summed E-state index contributed by atoms with van der Waals surface area (Å²) in [5.41, 5.74) is -6.56. The monoisotopic (exact) mass is 467 g/mol. The van der Waals surface area contributed by atoms with Crippen LogP contribution >= 0.6 is 0 Å². The SMILES string of the molecule is CCC(=O)O[C@]1(C(=O)[S-])[C@H](C)C[C@H]2[C@@H]3C[C@H](F)C4=CC(=O)C=C[C@]4(C)[C@@]3(F)[C@@H](O)C[C@@]21C. The van der Waals surface area contributed by atoms with Crippen LogP contribution in [-0.2, 0) is 31.7 Å². The van der Waals surface area contributed by atoms with E-state index in [1.54, 1.807) is 20.8 Å². The van der Waals surface area contributed by atoms with Crippen molar-refractivity contribution in [3.63, 3.8) is 0 Å². The van der Waals surface area contributed by atoms with Crippen LogP contribution in [0.3, 0.4) is 0 Å². The molecule has 0 saturated heterocycles. The summed E-state index contributed by atoms with van der Waals surface area (Å²) in [5.74, 6) is -3.02. The number of hydrogen-bond acceptors (Lipinski definition) is 6. The van der Waals surface area contributed by atoms with Crippen LogP contribution in [0.15, 0.2) is 23.8 Å². The standard InChI is InChI=1S/C24H30F2O5S/c1-5-19(29)31-24(20(30)32)12(2)8-14-15-10-17(25)16-9-13(27)6-7-21(16,3)23(15,26)18(28)11-22(14,24)4/h6-7,9,12,14-15,17-18,28H,5,8,10-11H2,1-4H3,(H,30,32)/p-1/t12-,14+,15+,17+,18+,21+,22+,23+,24+/m1/s1. The van der Waals surface area contributed by atoms with E-state index in [0.29, 0.717) is 6.42 Å². The molecule has 0 aromatic heterocycles. The zero-order valence-corrected chi connectivity index (χ0v) is 19.5. The van der Waals surface area contributed by atoms with Gasteiger partial charge in [-0.1, -0.05) is 26.8 Å². The quantitative estimate of drug-likeness (QED) is 0.507. The van der Waals surface area contributed by atoms with E-state index in [9.17, 15) is 19.5 Å². The van der Waals surface area contributed by atoms with E-state index in [4.69, 9.17) is 17.4 Å². The summed E-state index contributed by atoms with van der Waals surface area (Å²) in [5, 5.41) is 10.5. The number of ketones is 1. The molecule has 3 saturated carbocycles. The van der Waals surface area contributed by atoms with Crippen LogP contribution in [0.4, 0.5) is 8.78 Å². The second-order valence-electron chi connectivity index (χ2n) is 10.3. The predicted molar refractivity (Wildman–Crippen MR) is 115 cm³/mol. The summed E-state index contributed by atoms with van der Waals surface area (Å²) >= 11 is 5.07. The molecular weight excluding hydrogens is 438 g/mol. The highest BCUT2D eigenvalue weighted by atomic mass is 32.1. The third-order valence-electron chi connectivity index (χ3n) is 9.04. The van der Waals surface area contributed by atoms with Crippen molar-refractivity contribution in [3.05, 3.63) is 23.8 Å². The Morgan fingerprint density at radius 3 is 2.53 bits per heavy atom. The van der Waals surface area contributed by atoms with Gasteiger partial charge in [-0.15, -0.1) is 0 Å². The Morgan fingerprint density at radius 2 is 1.94 bits per heavy atom. The molecule has 4 aliphatic carbocycles. The van der Waals surface area contributed by atoms with Crippen LogP contribution < -0.4 is 0 Å². The summed E-state index contributed by atoms with van der Waals surface area (Å²) in [6, 6.07) is 0. The first-order chi connectivity index (χ1) is 14.8. The van der Waals surface area contributed by atoms with Gasteiger partial charge in [-0.25, -0.2) is 8.78 Å². The van der Waals surface area contributed by atoms with Gasteiger partial charge in [0.2, 0.25) is 0 Å². The summed E-state index contributed by atoms with van der Waals surface area (Å²) < 4.78 is 38.3. The van der Waals surface area contributed by atoms with Crippen molar-refractivity contribution in [2.24, 2.45) is 28.6 Å². The summed E-state index contributed by atoms with van der Waals surface area (Å²) in [6.45, 7) is 6.57. The number of aliphatic hydroxyl groups is 1. The van der Waals surface area contributed by atoms with E-state index in [1.165, 1.54) is 19.1 Å². The molecule has 0 bridgehead atoms. The van der Waals surface area contributed by atoms with Crippen molar-refractivity contribution in [1.29, 1.82) is 0 Å². The number of carbonyl (C=O) groups is 3. The van der Waals surface area contributed by atoms with Gasteiger partial charge in [0.15, 0.2) is 17.1 Å². The molecule has 3 fully saturated rings. The molecule has 0 heterocycles.